The quantitative estimate of drug-likeness (QED) is 0.579. The molecule has 2 rings (SSSR count). The summed E-state index contributed by atoms with van der Waals surface area (Å²) < 4.78 is 5.01. The Morgan fingerprint density at radius 1 is 1.64 bits per heavy atom. The van der Waals surface area contributed by atoms with Crippen LogP contribution in [0.5, 0.6) is 0 Å². The summed E-state index contributed by atoms with van der Waals surface area (Å²) in [5, 5.41) is 10.7. The van der Waals surface area contributed by atoms with Crippen LogP contribution in [0, 0.1) is 0 Å². The van der Waals surface area contributed by atoms with Crippen molar-refractivity contribution in [1.29, 1.82) is 0 Å². The summed E-state index contributed by atoms with van der Waals surface area (Å²) in [5.41, 5.74) is 0. The number of thioether (sulfide) groups is 1. The molecule has 0 unspecified atom stereocenters. The molecule has 1 aliphatic heterocycles. The maximum absolute atomic E-state index is 10.8. The summed E-state index contributed by atoms with van der Waals surface area (Å²) in [4.78, 5) is 10.8. The Morgan fingerprint density at radius 2 is 2.57 bits per heavy atom. The Labute approximate surface area is 84.3 Å². The number of carbonyl (C=O) groups excluding carboxylic acids is 1. The summed E-state index contributed by atoms with van der Waals surface area (Å²) in [6, 6.07) is 3.53. The second-order valence-electron chi connectivity index (χ2n) is 2.50. The Bertz CT molecular complexity index is 383. The van der Waals surface area contributed by atoms with Crippen molar-refractivity contribution in [3.8, 4) is 0 Å². The SMILES string of the molecule is O=C1CSC(=N/N=C\c2ccco2)N1. The molecule has 0 radical (unpaired) electrons. The fourth-order valence-electron chi connectivity index (χ4n) is 0.882. The highest BCUT2D eigenvalue weighted by atomic mass is 32.2. The predicted molar refractivity (Wildman–Crippen MR) is 54.3 cm³/mol. The van der Waals surface area contributed by atoms with Crippen molar-refractivity contribution in [2.45, 2.75) is 0 Å². The van der Waals surface area contributed by atoms with Crippen molar-refractivity contribution >= 4 is 29.1 Å². The first kappa shape index (κ1) is 9.01. The van der Waals surface area contributed by atoms with Gasteiger partial charge in [0.1, 0.15) is 5.76 Å². The van der Waals surface area contributed by atoms with Crippen LogP contribution in [0.15, 0.2) is 33.0 Å². The van der Waals surface area contributed by atoms with Crippen LogP contribution < -0.4 is 5.32 Å². The molecule has 1 N–H and O–H groups in total. The molecule has 72 valence electrons. The molecule has 0 bridgehead atoms. The van der Waals surface area contributed by atoms with Gasteiger partial charge in [-0.3, -0.25) is 4.79 Å². The van der Waals surface area contributed by atoms with Crippen LogP contribution in [0.1, 0.15) is 5.76 Å². The van der Waals surface area contributed by atoms with Gasteiger partial charge in [0.25, 0.3) is 0 Å². The molecule has 5 nitrogen and oxygen atoms in total. The van der Waals surface area contributed by atoms with E-state index in [1.807, 2.05) is 0 Å². The lowest BCUT2D eigenvalue weighted by atomic mass is 10.5. The summed E-state index contributed by atoms with van der Waals surface area (Å²) in [6.45, 7) is 0. The Balaban J connectivity index is 1.96. The number of rotatable bonds is 2. The topological polar surface area (TPSA) is 67.0 Å². The number of nitrogens with zero attached hydrogens (tertiary/aromatic N) is 2. The number of hydrogen-bond donors (Lipinski definition) is 1. The van der Waals surface area contributed by atoms with Crippen molar-refractivity contribution in [1.82, 2.24) is 5.32 Å². The van der Waals surface area contributed by atoms with Gasteiger partial charge in [-0.05, 0) is 12.1 Å². The van der Waals surface area contributed by atoms with E-state index in [-0.39, 0.29) is 5.91 Å². The number of hydrogen-bond acceptors (Lipinski definition) is 5. The number of carbonyl (C=O) groups is 1. The third kappa shape index (κ3) is 2.23. The average Bonchev–Trinajstić information content (AvgIpc) is 2.77. The van der Waals surface area contributed by atoms with Crippen molar-refractivity contribution in [2.24, 2.45) is 10.2 Å². The molecule has 1 fully saturated rings. The van der Waals surface area contributed by atoms with Crippen LogP contribution in [0.25, 0.3) is 0 Å². The van der Waals surface area contributed by atoms with Gasteiger partial charge in [-0.1, -0.05) is 11.8 Å². The summed E-state index contributed by atoms with van der Waals surface area (Å²) in [5.74, 6) is 1.00. The van der Waals surface area contributed by atoms with E-state index in [0.29, 0.717) is 16.7 Å². The van der Waals surface area contributed by atoms with Crippen molar-refractivity contribution in [3.63, 3.8) is 0 Å². The maximum atomic E-state index is 10.8. The minimum absolute atomic E-state index is 0.0399. The van der Waals surface area contributed by atoms with E-state index in [0.717, 1.165) is 0 Å². The molecule has 2 heterocycles. The third-order valence-electron chi connectivity index (χ3n) is 1.46. The van der Waals surface area contributed by atoms with Gasteiger partial charge in [-0.15, -0.1) is 5.10 Å². The first-order valence-corrected chi connectivity index (χ1v) is 4.90. The molecule has 6 heteroatoms. The largest absolute Gasteiger partial charge is 0.463 e. The third-order valence-corrected chi connectivity index (χ3v) is 2.33. The molecule has 0 aliphatic carbocycles. The maximum Gasteiger partial charge on any atom is 0.236 e. The minimum Gasteiger partial charge on any atom is -0.463 e. The molecule has 1 amide bonds. The molecule has 1 aromatic heterocycles. The van der Waals surface area contributed by atoms with Crippen molar-refractivity contribution in [3.05, 3.63) is 24.2 Å². The first-order chi connectivity index (χ1) is 6.84. The Morgan fingerprint density at radius 3 is 3.21 bits per heavy atom. The standard InChI is InChI=1S/C8H7N3O2S/c12-7-5-14-8(10-7)11-9-4-6-2-1-3-13-6/h1-4H,5H2,(H,10,11,12)/b9-4-. The molecule has 0 atom stereocenters. The summed E-state index contributed by atoms with van der Waals surface area (Å²) in [6.07, 6.45) is 3.04. The molecule has 1 aromatic rings. The average molecular weight is 209 g/mol. The second-order valence-corrected chi connectivity index (χ2v) is 3.47. The van der Waals surface area contributed by atoms with Crippen LogP contribution in [-0.2, 0) is 4.79 Å². The lowest BCUT2D eigenvalue weighted by Crippen LogP contribution is -2.19. The van der Waals surface area contributed by atoms with E-state index in [1.54, 1.807) is 18.4 Å². The molecule has 1 saturated heterocycles. The second kappa shape index (κ2) is 4.10. The molecule has 0 saturated carbocycles. The van der Waals surface area contributed by atoms with Crippen LogP contribution in [0.4, 0.5) is 0 Å². The van der Waals surface area contributed by atoms with E-state index in [1.165, 1.54) is 18.0 Å². The molecule has 1 aliphatic rings. The van der Waals surface area contributed by atoms with Crippen molar-refractivity contribution in [2.75, 3.05) is 5.75 Å². The highest BCUT2D eigenvalue weighted by Crippen LogP contribution is 2.08. The van der Waals surface area contributed by atoms with E-state index >= 15 is 0 Å². The van der Waals surface area contributed by atoms with Gasteiger partial charge in [0.2, 0.25) is 5.91 Å². The summed E-state index contributed by atoms with van der Waals surface area (Å²) in [7, 11) is 0. The molecule has 0 aromatic carbocycles. The van der Waals surface area contributed by atoms with E-state index in [2.05, 4.69) is 15.5 Å². The lowest BCUT2D eigenvalue weighted by Gasteiger charge is -1.88. The zero-order valence-corrected chi connectivity index (χ0v) is 7.95. The normalized spacial score (nSPS) is 19.4. The Kier molecular flexibility index (Phi) is 2.64. The lowest BCUT2D eigenvalue weighted by molar-refractivity contribution is -0.116. The highest BCUT2D eigenvalue weighted by molar-refractivity contribution is 8.15. The first-order valence-electron chi connectivity index (χ1n) is 3.92. The Hall–Kier alpha value is -1.56. The van der Waals surface area contributed by atoms with Gasteiger partial charge in [0, 0.05) is 0 Å². The van der Waals surface area contributed by atoms with Crippen LogP contribution in [0.3, 0.4) is 0 Å². The van der Waals surface area contributed by atoms with Gasteiger partial charge in [-0.25, -0.2) is 0 Å². The van der Waals surface area contributed by atoms with Gasteiger partial charge in [0.05, 0.1) is 18.2 Å². The molecule has 0 spiro atoms. The number of amides is 1. The molecular formula is C8H7N3O2S. The molecular weight excluding hydrogens is 202 g/mol. The van der Waals surface area contributed by atoms with E-state index < -0.39 is 0 Å². The van der Waals surface area contributed by atoms with E-state index in [9.17, 15) is 4.79 Å². The molecule has 14 heavy (non-hydrogen) atoms. The van der Waals surface area contributed by atoms with Gasteiger partial charge in [-0.2, -0.15) is 5.10 Å². The zero-order valence-electron chi connectivity index (χ0n) is 7.14. The highest BCUT2D eigenvalue weighted by Gasteiger charge is 2.15. The fraction of sp³-hybridized carbons (Fsp3) is 0.125. The van der Waals surface area contributed by atoms with Gasteiger partial charge >= 0.3 is 0 Å². The minimum atomic E-state index is -0.0399. The van der Waals surface area contributed by atoms with Gasteiger partial charge in [0.15, 0.2) is 5.17 Å². The zero-order chi connectivity index (χ0) is 9.80. The monoisotopic (exact) mass is 209 g/mol. The van der Waals surface area contributed by atoms with Crippen LogP contribution in [0.2, 0.25) is 0 Å². The predicted octanol–water partition coefficient (Wildman–Crippen LogP) is 0.833. The van der Waals surface area contributed by atoms with Crippen LogP contribution in [-0.4, -0.2) is 23.0 Å². The smallest absolute Gasteiger partial charge is 0.236 e. The van der Waals surface area contributed by atoms with Crippen molar-refractivity contribution < 1.29 is 9.21 Å². The fourth-order valence-corrected chi connectivity index (χ4v) is 1.51. The van der Waals surface area contributed by atoms with E-state index in [4.69, 9.17) is 4.42 Å². The van der Waals surface area contributed by atoms with Crippen LogP contribution >= 0.6 is 11.8 Å². The number of amidine groups is 1. The number of nitrogens with one attached hydrogen (secondary N) is 1. The van der Waals surface area contributed by atoms with Gasteiger partial charge < -0.3 is 9.73 Å². The number of furan rings is 1. The summed E-state index contributed by atoms with van der Waals surface area (Å²) >= 11 is 1.33.